The molecule has 1 saturated carbocycles. The van der Waals surface area contributed by atoms with Crippen molar-refractivity contribution in [3.05, 3.63) is 23.8 Å². The molecule has 0 atom stereocenters. The van der Waals surface area contributed by atoms with Crippen LogP contribution in [-0.4, -0.2) is 37.4 Å². The number of aliphatic hydroxyl groups excluding tert-OH is 1. The molecule has 3 N–H and O–H groups in total. The number of hydrogen-bond acceptors (Lipinski definition) is 5. The van der Waals surface area contributed by atoms with Gasteiger partial charge in [0.05, 0.1) is 30.7 Å². The van der Waals surface area contributed by atoms with Crippen LogP contribution in [0.3, 0.4) is 0 Å². The quantitative estimate of drug-likeness (QED) is 0.634. The van der Waals surface area contributed by atoms with E-state index in [0.29, 0.717) is 23.8 Å². The van der Waals surface area contributed by atoms with Gasteiger partial charge < -0.3 is 20.5 Å². The lowest BCUT2D eigenvalue weighted by atomic mass is 10.1. The third kappa shape index (κ3) is 3.04. The summed E-state index contributed by atoms with van der Waals surface area (Å²) in [5, 5.41) is 9.30. The maximum Gasteiger partial charge on any atom is 0.337 e. The Morgan fingerprint density at radius 2 is 2.15 bits per heavy atom. The summed E-state index contributed by atoms with van der Waals surface area (Å²) >= 11 is 0. The first-order valence-electron chi connectivity index (χ1n) is 7.02. The van der Waals surface area contributed by atoms with Crippen LogP contribution < -0.4 is 10.6 Å². The molecule has 1 aliphatic carbocycles. The summed E-state index contributed by atoms with van der Waals surface area (Å²) in [7, 11) is 1.36. The minimum Gasteiger partial charge on any atom is -0.465 e. The molecule has 0 bridgehead atoms. The van der Waals surface area contributed by atoms with Gasteiger partial charge in [-0.15, -0.1) is 0 Å². The van der Waals surface area contributed by atoms with Gasteiger partial charge in [0.15, 0.2) is 0 Å². The Labute approximate surface area is 119 Å². The summed E-state index contributed by atoms with van der Waals surface area (Å²) in [4.78, 5) is 13.8. The summed E-state index contributed by atoms with van der Waals surface area (Å²) in [6.07, 6.45) is 4.59. The molecule has 1 aliphatic rings. The number of carbonyl (C=O) groups excluding carboxylic acids is 1. The van der Waals surface area contributed by atoms with E-state index in [9.17, 15) is 9.90 Å². The first kappa shape index (κ1) is 14.7. The SMILES string of the molecule is COC(=O)c1ccc(N)c(N(CCO)C2CCCC2)c1. The molecule has 0 aliphatic heterocycles. The highest BCUT2D eigenvalue weighted by molar-refractivity contribution is 5.92. The van der Waals surface area contributed by atoms with Crippen LogP contribution in [0.4, 0.5) is 11.4 Å². The lowest BCUT2D eigenvalue weighted by Gasteiger charge is -2.31. The number of hydrogen-bond donors (Lipinski definition) is 2. The number of nitrogens with two attached hydrogens (primary N) is 1. The molecule has 110 valence electrons. The Balaban J connectivity index is 2.33. The first-order chi connectivity index (χ1) is 9.67. The van der Waals surface area contributed by atoms with Crippen molar-refractivity contribution in [2.75, 3.05) is 30.9 Å². The molecule has 1 aromatic rings. The predicted octanol–water partition coefficient (Wildman–Crippen LogP) is 1.80. The molecule has 0 radical (unpaired) electrons. The molecule has 2 rings (SSSR count). The van der Waals surface area contributed by atoms with E-state index in [1.54, 1.807) is 18.2 Å². The van der Waals surface area contributed by atoms with E-state index >= 15 is 0 Å². The van der Waals surface area contributed by atoms with Crippen LogP contribution >= 0.6 is 0 Å². The third-order valence-corrected chi connectivity index (χ3v) is 3.87. The number of benzene rings is 1. The van der Waals surface area contributed by atoms with Gasteiger partial charge in [0, 0.05) is 12.6 Å². The molecular weight excluding hydrogens is 256 g/mol. The number of aliphatic hydroxyl groups is 1. The van der Waals surface area contributed by atoms with Crippen molar-refractivity contribution >= 4 is 17.3 Å². The molecule has 1 aromatic carbocycles. The monoisotopic (exact) mass is 278 g/mol. The van der Waals surface area contributed by atoms with E-state index in [-0.39, 0.29) is 12.6 Å². The molecule has 0 saturated heterocycles. The van der Waals surface area contributed by atoms with Crippen LogP contribution in [0.25, 0.3) is 0 Å². The van der Waals surface area contributed by atoms with Crippen LogP contribution in [0.5, 0.6) is 0 Å². The van der Waals surface area contributed by atoms with E-state index in [1.165, 1.54) is 20.0 Å². The maximum absolute atomic E-state index is 11.6. The van der Waals surface area contributed by atoms with Crippen molar-refractivity contribution in [3.8, 4) is 0 Å². The number of ether oxygens (including phenoxy) is 1. The number of methoxy groups -OCH3 is 1. The molecule has 1 fully saturated rings. The number of nitrogen functional groups attached to an aromatic ring is 1. The fourth-order valence-electron chi connectivity index (χ4n) is 2.86. The number of esters is 1. The summed E-state index contributed by atoms with van der Waals surface area (Å²) in [6.45, 7) is 0.595. The van der Waals surface area contributed by atoms with E-state index in [0.717, 1.165) is 18.5 Å². The van der Waals surface area contributed by atoms with E-state index in [1.807, 2.05) is 0 Å². The lowest BCUT2D eigenvalue weighted by Crippen LogP contribution is -2.36. The summed E-state index contributed by atoms with van der Waals surface area (Å²) in [6, 6.07) is 5.53. The van der Waals surface area contributed by atoms with Gasteiger partial charge in [0.1, 0.15) is 0 Å². The van der Waals surface area contributed by atoms with Gasteiger partial charge in [-0.2, -0.15) is 0 Å². The fourth-order valence-corrected chi connectivity index (χ4v) is 2.86. The zero-order valence-corrected chi connectivity index (χ0v) is 11.8. The molecule has 0 spiro atoms. The molecular formula is C15H22N2O3. The van der Waals surface area contributed by atoms with Crippen molar-refractivity contribution in [2.45, 2.75) is 31.7 Å². The largest absolute Gasteiger partial charge is 0.465 e. The van der Waals surface area contributed by atoms with Gasteiger partial charge in [-0.05, 0) is 31.0 Å². The summed E-state index contributed by atoms with van der Waals surface area (Å²) in [5.74, 6) is -0.373. The van der Waals surface area contributed by atoms with Crippen LogP contribution in [0.2, 0.25) is 0 Å². The van der Waals surface area contributed by atoms with Crippen molar-refractivity contribution < 1.29 is 14.6 Å². The van der Waals surface area contributed by atoms with Crippen LogP contribution in [0, 0.1) is 0 Å². The number of carbonyl (C=O) groups is 1. The predicted molar refractivity (Wildman–Crippen MR) is 78.9 cm³/mol. The molecule has 20 heavy (non-hydrogen) atoms. The molecule has 0 amide bonds. The molecule has 0 unspecified atom stereocenters. The Kier molecular flexibility index (Phi) is 4.84. The molecule has 5 nitrogen and oxygen atoms in total. The highest BCUT2D eigenvalue weighted by atomic mass is 16.5. The minimum atomic E-state index is -0.373. The molecule has 0 aromatic heterocycles. The Bertz CT molecular complexity index is 470. The normalized spacial score (nSPS) is 15.3. The Hall–Kier alpha value is -1.75. The highest BCUT2D eigenvalue weighted by Crippen LogP contribution is 2.32. The smallest absolute Gasteiger partial charge is 0.337 e. The average Bonchev–Trinajstić information content (AvgIpc) is 2.99. The van der Waals surface area contributed by atoms with Crippen LogP contribution in [-0.2, 0) is 4.74 Å². The average molecular weight is 278 g/mol. The second-order valence-electron chi connectivity index (χ2n) is 5.12. The maximum atomic E-state index is 11.6. The van der Waals surface area contributed by atoms with Gasteiger partial charge in [-0.1, -0.05) is 12.8 Å². The van der Waals surface area contributed by atoms with Crippen LogP contribution in [0.1, 0.15) is 36.0 Å². The number of nitrogens with zero attached hydrogens (tertiary/aromatic N) is 1. The van der Waals surface area contributed by atoms with E-state index in [2.05, 4.69) is 4.90 Å². The Morgan fingerprint density at radius 3 is 2.75 bits per heavy atom. The van der Waals surface area contributed by atoms with Gasteiger partial charge in [-0.3, -0.25) is 0 Å². The van der Waals surface area contributed by atoms with Gasteiger partial charge in [0.25, 0.3) is 0 Å². The van der Waals surface area contributed by atoms with Crippen molar-refractivity contribution in [1.29, 1.82) is 0 Å². The second kappa shape index (κ2) is 6.61. The fraction of sp³-hybridized carbons (Fsp3) is 0.533. The zero-order valence-electron chi connectivity index (χ0n) is 11.8. The van der Waals surface area contributed by atoms with Crippen molar-refractivity contribution in [1.82, 2.24) is 0 Å². The lowest BCUT2D eigenvalue weighted by molar-refractivity contribution is 0.0601. The van der Waals surface area contributed by atoms with Gasteiger partial charge in [0.2, 0.25) is 0 Å². The molecule has 5 heteroatoms. The number of anilines is 2. The minimum absolute atomic E-state index is 0.0678. The van der Waals surface area contributed by atoms with Crippen molar-refractivity contribution in [2.24, 2.45) is 0 Å². The number of rotatable bonds is 5. The van der Waals surface area contributed by atoms with E-state index in [4.69, 9.17) is 10.5 Å². The molecule has 0 heterocycles. The van der Waals surface area contributed by atoms with Crippen molar-refractivity contribution in [3.63, 3.8) is 0 Å². The van der Waals surface area contributed by atoms with Gasteiger partial charge >= 0.3 is 5.97 Å². The van der Waals surface area contributed by atoms with Crippen LogP contribution in [0.15, 0.2) is 18.2 Å². The third-order valence-electron chi connectivity index (χ3n) is 3.87. The summed E-state index contributed by atoms with van der Waals surface area (Å²) in [5.41, 5.74) is 7.98. The Morgan fingerprint density at radius 1 is 1.45 bits per heavy atom. The first-order valence-corrected chi connectivity index (χ1v) is 7.02. The topological polar surface area (TPSA) is 75.8 Å². The van der Waals surface area contributed by atoms with E-state index < -0.39 is 0 Å². The zero-order chi connectivity index (χ0) is 14.5. The second-order valence-corrected chi connectivity index (χ2v) is 5.12. The standard InChI is InChI=1S/C15H22N2O3/c1-20-15(19)11-6-7-13(16)14(10-11)17(8-9-18)12-4-2-3-5-12/h6-7,10,12,18H,2-5,8-9,16H2,1H3. The van der Waals surface area contributed by atoms with Gasteiger partial charge in [-0.25, -0.2) is 4.79 Å². The highest BCUT2D eigenvalue weighted by Gasteiger charge is 2.24. The summed E-state index contributed by atoms with van der Waals surface area (Å²) < 4.78 is 4.75.